The van der Waals surface area contributed by atoms with Crippen LogP contribution in [0, 0.1) is 11.8 Å². The highest BCUT2D eigenvalue weighted by atomic mass is 79.9. The fourth-order valence-electron chi connectivity index (χ4n) is 2.87. The van der Waals surface area contributed by atoms with Gasteiger partial charge >= 0.3 is 5.97 Å². The van der Waals surface area contributed by atoms with Crippen LogP contribution >= 0.6 is 15.9 Å². The minimum absolute atomic E-state index is 0.0895. The molecule has 5 nitrogen and oxygen atoms in total. The van der Waals surface area contributed by atoms with Crippen LogP contribution in [0.5, 0.6) is 0 Å². The van der Waals surface area contributed by atoms with Crippen molar-refractivity contribution in [3.8, 4) is 0 Å². The minimum Gasteiger partial charge on any atom is -0.478 e. The number of benzene rings is 1. The number of carbonyl (C=O) groups excluding carboxylic acids is 1. The van der Waals surface area contributed by atoms with Crippen LogP contribution in [-0.2, 0) is 4.79 Å². The number of hydrogen-bond acceptors (Lipinski definition) is 3. The van der Waals surface area contributed by atoms with Gasteiger partial charge in [0.15, 0.2) is 0 Å². The average Bonchev–Trinajstić information content (AvgIpc) is 2.46. The normalized spacial score (nSPS) is 21.8. The Balaban J connectivity index is 2.18. The Kier molecular flexibility index (Phi) is 5.36. The molecule has 0 aromatic heterocycles. The standard InChI is InChI=1S/C15H19BrN2O3/c16-10-5-6-12(15(20)21)13(7-10)18-14(19)11-4-2-1-3-9(11)8-17/h5-7,9,11H,1-4,8,17H2,(H,18,19)(H,20,21). The summed E-state index contributed by atoms with van der Waals surface area (Å²) in [6.07, 6.45) is 3.88. The molecule has 0 radical (unpaired) electrons. The van der Waals surface area contributed by atoms with E-state index in [1.54, 1.807) is 12.1 Å². The fourth-order valence-corrected chi connectivity index (χ4v) is 3.23. The Labute approximate surface area is 132 Å². The van der Waals surface area contributed by atoms with E-state index in [4.69, 9.17) is 5.73 Å². The number of anilines is 1. The number of aromatic carboxylic acids is 1. The zero-order chi connectivity index (χ0) is 15.4. The first-order valence-corrected chi connectivity index (χ1v) is 7.86. The van der Waals surface area contributed by atoms with Crippen molar-refractivity contribution < 1.29 is 14.7 Å². The van der Waals surface area contributed by atoms with E-state index in [-0.39, 0.29) is 23.3 Å². The SMILES string of the molecule is NCC1CCCCC1C(=O)Nc1cc(Br)ccc1C(=O)O. The van der Waals surface area contributed by atoms with E-state index >= 15 is 0 Å². The second kappa shape index (κ2) is 7.04. The first kappa shape index (κ1) is 16.0. The van der Waals surface area contributed by atoms with Crippen LogP contribution in [0.4, 0.5) is 5.69 Å². The van der Waals surface area contributed by atoms with Crippen LogP contribution in [0.1, 0.15) is 36.0 Å². The number of hydrogen-bond donors (Lipinski definition) is 3. The molecule has 2 rings (SSSR count). The summed E-state index contributed by atoms with van der Waals surface area (Å²) in [5, 5.41) is 12.0. The number of nitrogens with one attached hydrogen (secondary N) is 1. The molecule has 0 spiro atoms. The van der Waals surface area contributed by atoms with Crippen molar-refractivity contribution in [2.24, 2.45) is 17.6 Å². The Bertz CT molecular complexity index is 548. The number of nitrogens with two attached hydrogens (primary N) is 1. The molecular formula is C15H19BrN2O3. The maximum absolute atomic E-state index is 12.4. The van der Waals surface area contributed by atoms with E-state index in [0.29, 0.717) is 12.2 Å². The number of amides is 1. The van der Waals surface area contributed by atoms with Crippen molar-refractivity contribution in [1.29, 1.82) is 0 Å². The van der Waals surface area contributed by atoms with E-state index < -0.39 is 5.97 Å². The topological polar surface area (TPSA) is 92.4 Å². The molecule has 6 heteroatoms. The number of carboxylic acids is 1. The molecule has 1 fully saturated rings. The van der Waals surface area contributed by atoms with Crippen molar-refractivity contribution in [2.45, 2.75) is 25.7 Å². The second-order valence-electron chi connectivity index (χ2n) is 5.37. The predicted molar refractivity (Wildman–Crippen MR) is 84.2 cm³/mol. The largest absolute Gasteiger partial charge is 0.478 e. The Morgan fingerprint density at radius 2 is 2.05 bits per heavy atom. The van der Waals surface area contributed by atoms with Gasteiger partial charge in [0.25, 0.3) is 0 Å². The highest BCUT2D eigenvalue weighted by molar-refractivity contribution is 9.10. The van der Waals surface area contributed by atoms with E-state index in [2.05, 4.69) is 21.2 Å². The first-order chi connectivity index (χ1) is 10.0. The zero-order valence-corrected chi connectivity index (χ0v) is 13.2. The molecule has 1 aromatic rings. The Morgan fingerprint density at radius 3 is 2.71 bits per heavy atom. The number of carboxylic acid groups (broad SMARTS) is 1. The predicted octanol–water partition coefficient (Wildman–Crippen LogP) is 2.85. The smallest absolute Gasteiger partial charge is 0.337 e. The molecule has 1 saturated carbocycles. The molecule has 2 atom stereocenters. The molecule has 0 aliphatic heterocycles. The monoisotopic (exact) mass is 354 g/mol. The van der Waals surface area contributed by atoms with E-state index in [0.717, 1.165) is 30.2 Å². The van der Waals surface area contributed by atoms with Crippen molar-refractivity contribution in [1.82, 2.24) is 0 Å². The summed E-state index contributed by atoms with van der Waals surface area (Å²) < 4.78 is 0.724. The summed E-state index contributed by atoms with van der Waals surface area (Å²) in [7, 11) is 0. The lowest BCUT2D eigenvalue weighted by Crippen LogP contribution is -2.36. The van der Waals surface area contributed by atoms with Crippen LogP contribution in [0.15, 0.2) is 22.7 Å². The third-order valence-corrected chi connectivity index (χ3v) is 4.51. The molecule has 114 valence electrons. The highest BCUT2D eigenvalue weighted by Gasteiger charge is 2.30. The van der Waals surface area contributed by atoms with Crippen LogP contribution in [0.3, 0.4) is 0 Å². The molecule has 21 heavy (non-hydrogen) atoms. The van der Waals surface area contributed by atoms with Crippen LogP contribution in [0.25, 0.3) is 0 Å². The molecule has 0 saturated heterocycles. The summed E-state index contributed by atoms with van der Waals surface area (Å²) in [4.78, 5) is 23.7. The third kappa shape index (κ3) is 3.83. The molecule has 2 unspecified atom stereocenters. The highest BCUT2D eigenvalue weighted by Crippen LogP contribution is 2.31. The molecule has 4 N–H and O–H groups in total. The zero-order valence-electron chi connectivity index (χ0n) is 11.6. The van der Waals surface area contributed by atoms with Gasteiger partial charge in [-0.3, -0.25) is 4.79 Å². The van der Waals surface area contributed by atoms with Crippen LogP contribution in [0.2, 0.25) is 0 Å². The van der Waals surface area contributed by atoms with Gasteiger partial charge in [-0.25, -0.2) is 4.79 Å². The van der Waals surface area contributed by atoms with E-state index in [1.807, 2.05) is 0 Å². The van der Waals surface area contributed by atoms with Crippen molar-refractivity contribution in [3.05, 3.63) is 28.2 Å². The first-order valence-electron chi connectivity index (χ1n) is 7.06. The lowest BCUT2D eigenvalue weighted by atomic mass is 9.78. The van der Waals surface area contributed by atoms with Gasteiger partial charge < -0.3 is 16.2 Å². The summed E-state index contributed by atoms with van der Waals surface area (Å²) in [5.74, 6) is -1.15. The molecule has 1 amide bonds. The Morgan fingerprint density at radius 1 is 1.33 bits per heavy atom. The number of rotatable bonds is 4. The van der Waals surface area contributed by atoms with Gasteiger partial charge in [0, 0.05) is 10.4 Å². The van der Waals surface area contributed by atoms with Crippen molar-refractivity contribution in [3.63, 3.8) is 0 Å². The summed E-state index contributed by atoms with van der Waals surface area (Å²) in [6, 6.07) is 4.73. The van der Waals surface area contributed by atoms with Gasteiger partial charge in [0.05, 0.1) is 11.3 Å². The molecule has 0 heterocycles. The van der Waals surface area contributed by atoms with Gasteiger partial charge in [-0.05, 0) is 43.5 Å². The van der Waals surface area contributed by atoms with E-state index in [9.17, 15) is 14.7 Å². The summed E-state index contributed by atoms with van der Waals surface area (Å²) in [6.45, 7) is 0.488. The van der Waals surface area contributed by atoms with E-state index in [1.165, 1.54) is 6.07 Å². The molecule has 1 aliphatic rings. The molecule has 1 aliphatic carbocycles. The van der Waals surface area contributed by atoms with Gasteiger partial charge in [0.2, 0.25) is 5.91 Å². The second-order valence-corrected chi connectivity index (χ2v) is 6.29. The number of carbonyl (C=O) groups is 2. The van der Waals surface area contributed by atoms with Gasteiger partial charge in [0.1, 0.15) is 0 Å². The lowest BCUT2D eigenvalue weighted by molar-refractivity contribution is -0.122. The fraction of sp³-hybridized carbons (Fsp3) is 0.467. The Hall–Kier alpha value is -1.40. The number of halogens is 1. The molecule has 0 bridgehead atoms. The third-order valence-electron chi connectivity index (χ3n) is 4.02. The maximum atomic E-state index is 12.4. The maximum Gasteiger partial charge on any atom is 0.337 e. The summed E-state index contributed by atoms with van der Waals surface area (Å²) >= 11 is 3.29. The van der Waals surface area contributed by atoms with Crippen LogP contribution in [-0.4, -0.2) is 23.5 Å². The van der Waals surface area contributed by atoms with Gasteiger partial charge in [-0.2, -0.15) is 0 Å². The van der Waals surface area contributed by atoms with Crippen LogP contribution < -0.4 is 11.1 Å². The lowest BCUT2D eigenvalue weighted by Gasteiger charge is -2.29. The van der Waals surface area contributed by atoms with Gasteiger partial charge in [-0.15, -0.1) is 0 Å². The van der Waals surface area contributed by atoms with Gasteiger partial charge in [-0.1, -0.05) is 28.8 Å². The molecular weight excluding hydrogens is 336 g/mol. The van der Waals surface area contributed by atoms with Crippen molar-refractivity contribution in [2.75, 3.05) is 11.9 Å². The van der Waals surface area contributed by atoms with Crippen molar-refractivity contribution >= 4 is 33.5 Å². The molecule has 1 aromatic carbocycles. The summed E-state index contributed by atoms with van der Waals surface area (Å²) in [5.41, 5.74) is 6.16. The quantitative estimate of drug-likeness (QED) is 0.774. The average molecular weight is 355 g/mol. The minimum atomic E-state index is -1.06.